The molecule has 4 nitrogen and oxygen atoms in total. The Bertz CT molecular complexity index is 408. The summed E-state index contributed by atoms with van der Waals surface area (Å²) in [5.74, 6) is 0.606. The van der Waals surface area contributed by atoms with Gasteiger partial charge in [0.1, 0.15) is 5.75 Å². The number of nitrogens with one attached hydrogen (secondary N) is 2. The van der Waals surface area contributed by atoms with E-state index in [0.29, 0.717) is 35.5 Å². The molecule has 0 saturated heterocycles. The van der Waals surface area contributed by atoms with Crippen LogP contribution in [-0.2, 0) is 4.79 Å². The molecule has 0 fully saturated rings. The van der Waals surface area contributed by atoms with Crippen LogP contribution in [0.3, 0.4) is 0 Å². The van der Waals surface area contributed by atoms with Crippen LogP contribution in [0.1, 0.15) is 20.3 Å². The Morgan fingerprint density at radius 2 is 2.17 bits per heavy atom. The minimum Gasteiger partial charge on any atom is -0.497 e. The Kier molecular flexibility index (Phi) is 5.95. The van der Waals surface area contributed by atoms with Gasteiger partial charge in [0, 0.05) is 25.1 Å². The molecule has 0 aromatic heterocycles. The highest BCUT2D eigenvalue weighted by molar-refractivity contribution is 6.33. The zero-order valence-electron chi connectivity index (χ0n) is 10.9. The molecular formula is C13H19ClN2O2. The van der Waals surface area contributed by atoms with E-state index in [1.807, 2.05) is 13.8 Å². The smallest absolute Gasteiger partial charge is 0.225 e. The van der Waals surface area contributed by atoms with Crippen LogP contribution in [0.2, 0.25) is 5.02 Å². The Morgan fingerprint density at radius 3 is 2.72 bits per heavy atom. The molecule has 1 aromatic rings. The Balaban J connectivity index is 2.49. The molecule has 2 N–H and O–H groups in total. The summed E-state index contributed by atoms with van der Waals surface area (Å²) in [6.07, 6.45) is 0.417. The maximum absolute atomic E-state index is 11.7. The SMILES string of the molecule is COc1ccc(NC(=O)CCNC(C)C)c(Cl)c1. The van der Waals surface area contributed by atoms with Crippen molar-refractivity contribution in [2.45, 2.75) is 26.3 Å². The van der Waals surface area contributed by atoms with Gasteiger partial charge in [-0.1, -0.05) is 25.4 Å². The third-order valence-corrected chi connectivity index (χ3v) is 2.67. The van der Waals surface area contributed by atoms with Crippen molar-refractivity contribution >= 4 is 23.2 Å². The molecule has 1 amide bonds. The second-order valence-corrected chi connectivity index (χ2v) is 4.66. The number of carbonyl (C=O) groups excluding carboxylic acids is 1. The Labute approximate surface area is 113 Å². The van der Waals surface area contributed by atoms with Crippen LogP contribution in [0.15, 0.2) is 18.2 Å². The van der Waals surface area contributed by atoms with Gasteiger partial charge >= 0.3 is 0 Å². The van der Waals surface area contributed by atoms with E-state index < -0.39 is 0 Å². The van der Waals surface area contributed by atoms with E-state index in [1.54, 1.807) is 25.3 Å². The minimum atomic E-state index is -0.0600. The van der Waals surface area contributed by atoms with Crippen molar-refractivity contribution < 1.29 is 9.53 Å². The number of rotatable bonds is 6. The number of amides is 1. The van der Waals surface area contributed by atoms with Crippen LogP contribution >= 0.6 is 11.6 Å². The lowest BCUT2D eigenvalue weighted by Crippen LogP contribution is -2.27. The summed E-state index contributed by atoms with van der Waals surface area (Å²) in [6, 6.07) is 5.54. The molecule has 0 spiro atoms. The quantitative estimate of drug-likeness (QED) is 0.836. The van der Waals surface area contributed by atoms with Crippen molar-refractivity contribution in [2.24, 2.45) is 0 Å². The molecule has 0 radical (unpaired) electrons. The minimum absolute atomic E-state index is 0.0600. The van der Waals surface area contributed by atoms with Gasteiger partial charge in [-0.2, -0.15) is 0 Å². The van der Waals surface area contributed by atoms with Gasteiger partial charge in [-0.05, 0) is 12.1 Å². The monoisotopic (exact) mass is 270 g/mol. The second-order valence-electron chi connectivity index (χ2n) is 4.25. The highest BCUT2D eigenvalue weighted by Crippen LogP contribution is 2.26. The molecule has 18 heavy (non-hydrogen) atoms. The first-order valence-corrected chi connectivity index (χ1v) is 6.27. The van der Waals surface area contributed by atoms with Gasteiger partial charge in [-0.25, -0.2) is 0 Å². The first kappa shape index (κ1) is 14.8. The van der Waals surface area contributed by atoms with E-state index >= 15 is 0 Å². The van der Waals surface area contributed by atoms with Gasteiger partial charge in [-0.3, -0.25) is 4.79 Å². The first-order chi connectivity index (χ1) is 8.52. The standard InChI is InChI=1S/C13H19ClN2O2/c1-9(2)15-7-6-13(17)16-12-5-4-10(18-3)8-11(12)14/h4-5,8-9,15H,6-7H2,1-3H3,(H,16,17). The van der Waals surface area contributed by atoms with Crippen molar-refractivity contribution in [3.05, 3.63) is 23.2 Å². The number of anilines is 1. The zero-order chi connectivity index (χ0) is 13.5. The lowest BCUT2D eigenvalue weighted by Gasteiger charge is -2.10. The van der Waals surface area contributed by atoms with E-state index in [-0.39, 0.29) is 5.91 Å². The van der Waals surface area contributed by atoms with Crippen LogP contribution in [0.5, 0.6) is 5.75 Å². The molecule has 0 heterocycles. The van der Waals surface area contributed by atoms with E-state index in [0.717, 1.165) is 0 Å². The average molecular weight is 271 g/mol. The second kappa shape index (κ2) is 7.24. The van der Waals surface area contributed by atoms with Gasteiger partial charge in [-0.15, -0.1) is 0 Å². The van der Waals surface area contributed by atoms with Gasteiger partial charge in [0.15, 0.2) is 0 Å². The summed E-state index contributed by atoms with van der Waals surface area (Å²) >= 11 is 6.03. The molecule has 1 aromatic carbocycles. The molecular weight excluding hydrogens is 252 g/mol. The summed E-state index contributed by atoms with van der Waals surface area (Å²) in [4.78, 5) is 11.7. The third kappa shape index (κ3) is 4.94. The lowest BCUT2D eigenvalue weighted by atomic mass is 10.3. The van der Waals surface area contributed by atoms with Crippen LogP contribution in [0.25, 0.3) is 0 Å². The number of hydrogen-bond acceptors (Lipinski definition) is 3. The van der Waals surface area contributed by atoms with Crippen molar-refractivity contribution in [2.75, 3.05) is 19.0 Å². The van der Waals surface area contributed by atoms with Crippen molar-refractivity contribution in [3.8, 4) is 5.75 Å². The number of halogens is 1. The first-order valence-electron chi connectivity index (χ1n) is 5.89. The number of hydrogen-bond donors (Lipinski definition) is 2. The van der Waals surface area contributed by atoms with Gasteiger partial charge in [0.25, 0.3) is 0 Å². The molecule has 0 aliphatic heterocycles. The third-order valence-electron chi connectivity index (χ3n) is 2.35. The maximum Gasteiger partial charge on any atom is 0.225 e. The largest absolute Gasteiger partial charge is 0.497 e. The van der Waals surface area contributed by atoms with Gasteiger partial charge < -0.3 is 15.4 Å². The Morgan fingerprint density at radius 1 is 1.44 bits per heavy atom. The summed E-state index contributed by atoms with van der Waals surface area (Å²) < 4.78 is 5.04. The van der Waals surface area contributed by atoms with Crippen LogP contribution in [0, 0.1) is 0 Å². The van der Waals surface area contributed by atoms with Crippen LogP contribution in [-0.4, -0.2) is 25.6 Å². The zero-order valence-corrected chi connectivity index (χ0v) is 11.7. The van der Waals surface area contributed by atoms with Crippen LogP contribution in [0.4, 0.5) is 5.69 Å². The van der Waals surface area contributed by atoms with E-state index in [9.17, 15) is 4.79 Å². The van der Waals surface area contributed by atoms with Crippen LogP contribution < -0.4 is 15.4 Å². The Hall–Kier alpha value is -1.26. The molecule has 0 bridgehead atoms. The number of carbonyl (C=O) groups is 1. The van der Waals surface area contributed by atoms with Crippen molar-refractivity contribution in [1.29, 1.82) is 0 Å². The van der Waals surface area contributed by atoms with E-state index in [2.05, 4.69) is 10.6 Å². The molecule has 0 unspecified atom stereocenters. The molecule has 0 saturated carbocycles. The fourth-order valence-electron chi connectivity index (χ4n) is 1.41. The fourth-order valence-corrected chi connectivity index (χ4v) is 1.63. The average Bonchev–Trinajstić information content (AvgIpc) is 2.31. The van der Waals surface area contributed by atoms with Gasteiger partial charge in [0.2, 0.25) is 5.91 Å². The molecule has 0 atom stereocenters. The molecule has 1 rings (SSSR count). The number of ether oxygens (including phenoxy) is 1. The highest BCUT2D eigenvalue weighted by Gasteiger charge is 2.07. The predicted octanol–water partition coefficient (Wildman–Crippen LogP) is 2.68. The fraction of sp³-hybridized carbons (Fsp3) is 0.462. The maximum atomic E-state index is 11.7. The summed E-state index contributed by atoms with van der Waals surface area (Å²) in [7, 11) is 1.57. The summed E-state index contributed by atoms with van der Waals surface area (Å²) in [6.45, 7) is 4.73. The van der Waals surface area contributed by atoms with Crippen molar-refractivity contribution in [3.63, 3.8) is 0 Å². The van der Waals surface area contributed by atoms with Crippen molar-refractivity contribution in [1.82, 2.24) is 5.32 Å². The predicted molar refractivity (Wildman–Crippen MR) is 74.4 cm³/mol. The topological polar surface area (TPSA) is 50.4 Å². The summed E-state index contributed by atoms with van der Waals surface area (Å²) in [5.41, 5.74) is 0.604. The molecule has 100 valence electrons. The molecule has 5 heteroatoms. The van der Waals surface area contributed by atoms with E-state index in [1.165, 1.54) is 0 Å². The number of benzene rings is 1. The molecule has 0 aliphatic rings. The summed E-state index contributed by atoms with van der Waals surface area (Å²) in [5, 5.41) is 6.42. The van der Waals surface area contributed by atoms with Gasteiger partial charge in [0.05, 0.1) is 17.8 Å². The number of methoxy groups -OCH3 is 1. The molecule has 0 aliphatic carbocycles. The van der Waals surface area contributed by atoms with E-state index in [4.69, 9.17) is 16.3 Å². The highest BCUT2D eigenvalue weighted by atomic mass is 35.5. The normalized spacial score (nSPS) is 10.5. The lowest BCUT2D eigenvalue weighted by molar-refractivity contribution is -0.116.